The minimum Gasteiger partial charge on any atom is -0.498 e. The summed E-state index contributed by atoms with van der Waals surface area (Å²) in [6.07, 6.45) is 8.52. The van der Waals surface area contributed by atoms with Crippen molar-refractivity contribution in [3.63, 3.8) is 0 Å². The molecule has 0 unspecified atom stereocenters. The normalized spacial score (nSPS) is 13.5. The van der Waals surface area contributed by atoms with Crippen molar-refractivity contribution in [1.82, 2.24) is 0 Å². The molecular weight excluding hydrogens is 697 g/mol. The first-order chi connectivity index (χ1) is 26.4. The van der Waals surface area contributed by atoms with Crippen molar-refractivity contribution in [2.75, 3.05) is 19.8 Å². The molecule has 0 aromatic heterocycles. The molecule has 0 aliphatic heterocycles. The van der Waals surface area contributed by atoms with Crippen LogP contribution in [0.4, 0.5) is 0 Å². The summed E-state index contributed by atoms with van der Waals surface area (Å²) in [5.41, 5.74) is 14.3. The second-order valence-corrected chi connectivity index (χ2v) is 20.6. The van der Waals surface area contributed by atoms with Crippen LogP contribution in [0, 0.1) is 5.41 Å². The van der Waals surface area contributed by atoms with Gasteiger partial charge in [-0.25, -0.2) is 0 Å². The highest BCUT2D eigenvalue weighted by atomic mass is 16.5. The summed E-state index contributed by atoms with van der Waals surface area (Å²) < 4.78 is 20.1. The third kappa shape index (κ3) is 13.8. The van der Waals surface area contributed by atoms with E-state index in [4.69, 9.17) is 14.2 Å². The van der Waals surface area contributed by atoms with Gasteiger partial charge in [-0.15, -0.1) is 0 Å². The summed E-state index contributed by atoms with van der Waals surface area (Å²) in [5.74, 6) is 3.02. The third-order valence-corrected chi connectivity index (χ3v) is 11.2. The molecule has 0 fully saturated rings. The topological polar surface area (TPSA) is 27.7 Å². The largest absolute Gasteiger partial charge is 0.498 e. The molecule has 0 aliphatic carbocycles. The van der Waals surface area contributed by atoms with Gasteiger partial charge in [0.15, 0.2) is 0 Å². The lowest BCUT2D eigenvalue weighted by Crippen LogP contribution is -2.16. The van der Waals surface area contributed by atoms with Gasteiger partial charge in [-0.2, -0.15) is 0 Å². The van der Waals surface area contributed by atoms with E-state index in [2.05, 4.69) is 173 Å². The standard InChI is InChI=1S/C54H82O3/c1-19-23-55-38(6)41(26-37(5)51(7,8)9)31-43-34-48(54(16,17)18)36-45(50(43)57-25-21-3)32-44-35-47(53(13,14)15)33-42(49(44)56-24-20-2)28-40-27-39(22-4)29-46(30-40)52(10,11)12/h26-27,29-30,33-36H,19-25,28,31-32H2,1-18H3/b37-26+,41-38-. The summed E-state index contributed by atoms with van der Waals surface area (Å²) in [4.78, 5) is 0. The molecule has 0 saturated heterocycles. The molecule has 3 heteroatoms. The molecule has 0 amide bonds. The Labute approximate surface area is 351 Å². The molecule has 3 nitrogen and oxygen atoms in total. The van der Waals surface area contributed by atoms with E-state index in [1.54, 1.807) is 0 Å². The number of hydrogen-bond donors (Lipinski definition) is 0. The van der Waals surface area contributed by atoms with E-state index >= 15 is 0 Å². The SMILES string of the molecule is CCCO/C(C)=C(/C=C(\C)C(C)(C)C)Cc1cc(C(C)(C)C)cc(Cc2cc(C(C)(C)C)cc(Cc3cc(CC)cc(C(C)(C)C)c3)c2OCCC)c1OCCC. The van der Waals surface area contributed by atoms with Gasteiger partial charge in [-0.3, -0.25) is 0 Å². The van der Waals surface area contributed by atoms with Crippen molar-refractivity contribution in [3.8, 4) is 11.5 Å². The summed E-state index contributed by atoms with van der Waals surface area (Å²) in [6.45, 7) is 43.0. The van der Waals surface area contributed by atoms with Gasteiger partial charge in [-0.1, -0.05) is 165 Å². The van der Waals surface area contributed by atoms with Gasteiger partial charge in [0.2, 0.25) is 0 Å². The van der Waals surface area contributed by atoms with Crippen molar-refractivity contribution < 1.29 is 14.2 Å². The van der Waals surface area contributed by atoms with Crippen molar-refractivity contribution in [2.24, 2.45) is 5.41 Å². The fourth-order valence-electron chi connectivity index (χ4n) is 6.91. The number of allylic oxidation sites excluding steroid dienone is 4. The predicted octanol–water partition coefficient (Wildman–Crippen LogP) is 15.1. The average Bonchev–Trinajstić information content (AvgIpc) is 3.10. The van der Waals surface area contributed by atoms with Crippen LogP contribution in [0.3, 0.4) is 0 Å². The molecule has 0 saturated carbocycles. The lowest BCUT2D eigenvalue weighted by molar-refractivity contribution is 0.211. The lowest BCUT2D eigenvalue weighted by Gasteiger charge is -2.27. The van der Waals surface area contributed by atoms with Crippen molar-refractivity contribution in [2.45, 2.75) is 186 Å². The molecular formula is C54H82O3. The van der Waals surface area contributed by atoms with E-state index in [0.717, 1.165) is 62.2 Å². The van der Waals surface area contributed by atoms with Crippen LogP contribution in [0.1, 0.15) is 194 Å². The zero-order valence-electron chi connectivity index (χ0n) is 39.9. The lowest BCUT2D eigenvalue weighted by atomic mass is 9.80. The van der Waals surface area contributed by atoms with Crippen LogP contribution in [-0.2, 0) is 46.7 Å². The van der Waals surface area contributed by atoms with Crippen LogP contribution in [-0.4, -0.2) is 19.8 Å². The first kappa shape index (κ1) is 47.9. The fraction of sp³-hybridized carbons (Fsp3) is 0.593. The van der Waals surface area contributed by atoms with Gasteiger partial charge in [0.05, 0.1) is 25.6 Å². The summed E-state index contributed by atoms with van der Waals surface area (Å²) in [6, 6.07) is 16.9. The van der Waals surface area contributed by atoms with E-state index in [1.165, 1.54) is 61.2 Å². The molecule has 0 radical (unpaired) electrons. The summed E-state index contributed by atoms with van der Waals surface area (Å²) in [7, 11) is 0. The fourth-order valence-corrected chi connectivity index (χ4v) is 6.91. The molecule has 0 spiro atoms. The minimum absolute atomic E-state index is 0.0401. The number of ether oxygens (including phenoxy) is 3. The Balaban J connectivity index is 2.42. The maximum absolute atomic E-state index is 6.88. The van der Waals surface area contributed by atoms with Crippen LogP contribution in [0.2, 0.25) is 0 Å². The van der Waals surface area contributed by atoms with Crippen LogP contribution in [0.25, 0.3) is 0 Å². The van der Waals surface area contributed by atoms with Gasteiger partial charge >= 0.3 is 0 Å². The van der Waals surface area contributed by atoms with Gasteiger partial charge in [-0.05, 0) is 117 Å². The second kappa shape index (κ2) is 20.0. The monoisotopic (exact) mass is 779 g/mol. The van der Waals surface area contributed by atoms with Crippen molar-refractivity contribution in [1.29, 1.82) is 0 Å². The maximum atomic E-state index is 6.88. The van der Waals surface area contributed by atoms with Crippen LogP contribution in [0.15, 0.2) is 65.4 Å². The third-order valence-electron chi connectivity index (χ3n) is 11.2. The molecule has 0 bridgehead atoms. The van der Waals surface area contributed by atoms with Crippen LogP contribution in [0.5, 0.6) is 11.5 Å². The number of hydrogen-bond acceptors (Lipinski definition) is 3. The van der Waals surface area contributed by atoms with Gasteiger partial charge in [0.25, 0.3) is 0 Å². The van der Waals surface area contributed by atoms with Crippen molar-refractivity contribution in [3.05, 3.63) is 116 Å². The first-order valence-corrected chi connectivity index (χ1v) is 22.2. The van der Waals surface area contributed by atoms with Gasteiger partial charge < -0.3 is 14.2 Å². The smallest absolute Gasteiger partial charge is 0.126 e. The van der Waals surface area contributed by atoms with E-state index in [9.17, 15) is 0 Å². The van der Waals surface area contributed by atoms with Gasteiger partial charge in [0.1, 0.15) is 11.5 Å². The van der Waals surface area contributed by atoms with Crippen LogP contribution < -0.4 is 9.47 Å². The van der Waals surface area contributed by atoms with Crippen LogP contribution >= 0.6 is 0 Å². The Kier molecular flexibility index (Phi) is 16.8. The molecule has 3 rings (SSSR count). The number of aryl methyl sites for hydroxylation is 1. The minimum atomic E-state index is -0.0589. The molecule has 0 heterocycles. The summed E-state index contributed by atoms with van der Waals surface area (Å²) in [5, 5.41) is 0. The highest BCUT2D eigenvalue weighted by Crippen LogP contribution is 2.40. The first-order valence-electron chi connectivity index (χ1n) is 22.2. The Morgan fingerprint density at radius 1 is 0.509 bits per heavy atom. The Morgan fingerprint density at radius 2 is 0.930 bits per heavy atom. The molecule has 0 atom stereocenters. The highest BCUT2D eigenvalue weighted by molar-refractivity contribution is 5.55. The quantitative estimate of drug-likeness (QED) is 0.101. The predicted molar refractivity (Wildman–Crippen MR) is 248 cm³/mol. The Morgan fingerprint density at radius 3 is 1.37 bits per heavy atom. The van der Waals surface area contributed by atoms with E-state index < -0.39 is 0 Å². The maximum Gasteiger partial charge on any atom is 0.126 e. The van der Waals surface area contributed by atoms with E-state index in [1.807, 2.05) is 0 Å². The summed E-state index contributed by atoms with van der Waals surface area (Å²) >= 11 is 0. The number of benzene rings is 3. The zero-order chi connectivity index (χ0) is 42.9. The van der Waals surface area contributed by atoms with E-state index in [-0.39, 0.29) is 21.7 Å². The molecule has 316 valence electrons. The second-order valence-electron chi connectivity index (χ2n) is 20.6. The molecule has 0 aliphatic rings. The zero-order valence-corrected chi connectivity index (χ0v) is 39.9. The molecule has 3 aromatic carbocycles. The number of rotatable bonds is 17. The van der Waals surface area contributed by atoms with Crippen molar-refractivity contribution >= 4 is 0 Å². The Bertz CT molecular complexity index is 1840. The van der Waals surface area contributed by atoms with E-state index in [0.29, 0.717) is 19.8 Å². The Hall–Kier alpha value is -3.46. The average molecular weight is 779 g/mol. The molecule has 57 heavy (non-hydrogen) atoms. The molecule has 3 aromatic rings. The van der Waals surface area contributed by atoms with Gasteiger partial charge in [0, 0.05) is 19.3 Å². The molecule has 0 N–H and O–H groups in total. The highest BCUT2D eigenvalue weighted by Gasteiger charge is 2.26.